The van der Waals surface area contributed by atoms with E-state index in [9.17, 15) is 22.8 Å². The van der Waals surface area contributed by atoms with Crippen LogP contribution in [0.15, 0.2) is 59.6 Å². The topological polar surface area (TPSA) is 167 Å². The van der Waals surface area contributed by atoms with Crippen molar-refractivity contribution >= 4 is 38.7 Å². The summed E-state index contributed by atoms with van der Waals surface area (Å²) in [4.78, 5) is 46.1. The van der Waals surface area contributed by atoms with Crippen molar-refractivity contribution in [2.75, 3.05) is 20.8 Å². The predicted molar refractivity (Wildman–Crippen MR) is 150 cm³/mol. The number of nitrogens with two attached hydrogens (primary N) is 1. The summed E-state index contributed by atoms with van der Waals surface area (Å²) in [5, 5.41) is 1.79. The smallest absolute Gasteiger partial charge is 0.325 e. The number of carbonyl (C=O) groups is 3. The highest BCUT2D eigenvalue weighted by Gasteiger charge is 2.34. The van der Waals surface area contributed by atoms with Crippen molar-refractivity contribution in [3.63, 3.8) is 0 Å². The number of rotatable bonds is 12. The van der Waals surface area contributed by atoms with Crippen LogP contribution >= 0.6 is 0 Å². The van der Waals surface area contributed by atoms with Crippen molar-refractivity contribution < 1.29 is 37.1 Å². The molecule has 12 nitrogen and oxygen atoms in total. The van der Waals surface area contributed by atoms with Gasteiger partial charge in [-0.1, -0.05) is 18.2 Å². The van der Waals surface area contributed by atoms with Crippen molar-refractivity contribution in [1.29, 1.82) is 0 Å². The van der Waals surface area contributed by atoms with Crippen molar-refractivity contribution in [3.8, 4) is 5.75 Å². The fourth-order valence-corrected chi connectivity index (χ4v) is 5.16. The van der Waals surface area contributed by atoms with E-state index in [2.05, 4.69) is 9.71 Å². The molecule has 41 heavy (non-hydrogen) atoms. The zero-order valence-corrected chi connectivity index (χ0v) is 24.4. The van der Waals surface area contributed by atoms with Gasteiger partial charge in [0.15, 0.2) is 0 Å². The maximum absolute atomic E-state index is 13.6. The molecule has 0 spiro atoms. The van der Waals surface area contributed by atoms with Gasteiger partial charge >= 0.3 is 5.97 Å². The van der Waals surface area contributed by atoms with Gasteiger partial charge in [-0.05, 0) is 56.7 Å². The lowest BCUT2D eigenvalue weighted by Gasteiger charge is -2.25. The highest BCUT2D eigenvalue weighted by molar-refractivity contribution is 7.89. The highest BCUT2D eigenvalue weighted by atomic mass is 32.2. The summed E-state index contributed by atoms with van der Waals surface area (Å²) in [6.45, 7) is 4.88. The monoisotopic (exact) mass is 586 g/mol. The molecule has 0 bridgehead atoms. The molecule has 2 amide bonds. The van der Waals surface area contributed by atoms with E-state index >= 15 is 0 Å². The van der Waals surface area contributed by atoms with E-state index < -0.39 is 45.9 Å². The fraction of sp³-hybridized carbons (Fsp3) is 0.357. The number of hydrogen-bond acceptors (Lipinski definition) is 9. The van der Waals surface area contributed by atoms with Crippen molar-refractivity contribution in [3.05, 3.63) is 65.9 Å². The van der Waals surface area contributed by atoms with Crippen LogP contribution in [-0.2, 0) is 35.6 Å². The maximum Gasteiger partial charge on any atom is 0.325 e. The van der Waals surface area contributed by atoms with Gasteiger partial charge in [-0.15, -0.1) is 0 Å². The van der Waals surface area contributed by atoms with Gasteiger partial charge in [0.25, 0.3) is 0 Å². The molecular weight excluding hydrogens is 552 g/mol. The molecule has 0 radical (unpaired) electrons. The molecular formula is C28H34N4O8S. The first-order valence-corrected chi connectivity index (χ1v) is 14.2. The first kappa shape index (κ1) is 31.5. The second-order valence-corrected chi connectivity index (χ2v) is 11.8. The third-order valence-corrected chi connectivity index (χ3v) is 7.39. The quantitative estimate of drug-likeness (QED) is 0.239. The van der Waals surface area contributed by atoms with Gasteiger partial charge < -0.3 is 15.2 Å². The Labute approximate surface area is 238 Å². The number of hydroxylamine groups is 2. The number of pyridine rings is 1. The average Bonchev–Trinajstić information content (AvgIpc) is 2.91. The maximum atomic E-state index is 13.6. The summed E-state index contributed by atoms with van der Waals surface area (Å²) < 4.78 is 40.6. The van der Waals surface area contributed by atoms with Crippen molar-refractivity contribution in [2.24, 2.45) is 5.73 Å². The molecule has 0 fully saturated rings. The molecule has 2 aromatic carbocycles. The second-order valence-electron chi connectivity index (χ2n) is 10.1. The minimum Gasteiger partial charge on any atom is -0.492 e. The van der Waals surface area contributed by atoms with Crippen LogP contribution in [0.4, 0.5) is 0 Å². The van der Waals surface area contributed by atoms with Gasteiger partial charge in [0, 0.05) is 30.6 Å². The molecule has 13 heteroatoms. The van der Waals surface area contributed by atoms with E-state index in [-0.39, 0.29) is 22.8 Å². The number of aromatic nitrogens is 1. The normalized spacial score (nSPS) is 12.5. The van der Waals surface area contributed by atoms with E-state index in [0.29, 0.717) is 6.42 Å². The molecule has 3 aromatic rings. The second kappa shape index (κ2) is 13.1. The summed E-state index contributed by atoms with van der Waals surface area (Å²) in [6, 6.07) is 11.4. The minimum atomic E-state index is -4.49. The Balaban J connectivity index is 1.91. The van der Waals surface area contributed by atoms with Crippen LogP contribution in [0.5, 0.6) is 5.75 Å². The fourth-order valence-electron chi connectivity index (χ4n) is 3.85. The van der Waals surface area contributed by atoms with E-state index in [4.69, 9.17) is 20.0 Å². The lowest BCUT2D eigenvalue weighted by atomic mass is 10.1. The Bertz CT molecular complexity index is 1530. The van der Waals surface area contributed by atoms with Gasteiger partial charge in [-0.3, -0.25) is 24.2 Å². The molecule has 1 aromatic heterocycles. The van der Waals surface area contributed by atoms with Crippen molar-refractivity contribution in [1.82, 2.24) is 14.8 Å². The SMILES string of the molecule is CON(C)C(=O)CC(NS(=O)(=O)c1ccc(C(N)=O)cc1OCCc1cccc2ncccc12)C(=O)OC(C)(C)C. The van der Waals surface area contributed by atoms with E-state index in [1.807, 2.05) is 30.3 Å². The first-order chi connectivity index (χ1) is 19.2. The number of hydrogen-bond donors (Lipinski definition) is 2. The molecule has 0 saturated carbocycles. The number of primary amides is 1. The summed E-state index contributed by atoms with van der Waals surface area (Å²) >= 11 is 0. The molecule has 1 unspecified atom stereocenters. The standard InChI is InChI=1S/C28H34N4O8S/c1-28(2,3)40-27(35)22(17-25(33)32(4)38-5)31-41(36,37)24-12-11-19(26(29)34)16-23(24)39-15-13-18-8-6-10-21-20(18)9-7-14-30-21/h6-12,14,16,22,31H,13,15,17H2,1-5H3,(H2,29,34). The molecule has 220 valence electrons. The molecule has 0 saturated heterocycles. The third kappa shape index (κ3) is 8.46. The van der Waals surface area contributed by atoms with Crippen LogP contribution < -0.4 is 15.2 Å². The number of nitrogens with one attached hydrogen (secondary N) is 1. The molecule has 0 aliphatic carbocycles. The molecule has 3 rings (SSSR count). The molecule has 0 aliphatic rings. The van der Waals surface area contributed by atoms with E-state index in [0.717, 1.165) is 27.6 Å². The zero-order valence-electron chi connectivity index (χ0n) is 23.5. The third-order valence-electron chi connectivity index (χ3n) is 5.88. The van der Waals surface area contributed by atoms with Crippen LogP contribution in [0.3, 0.4) is 0 Å². The summed E-state index contributed by atoms with van der Waals surface area (Å²) in [5.74, 6) is -2.57. The van der Waals surface area contributed by atoms with Crippen LogP contribution in [0.2, 0.25) is 0 Å². The number of esters is 1. The van der Waals surface area contributed by atoms with Crippen LogP contribution in [0.25, 0.3) is 10.9 Å². The minimum absolute atomic E-state index is 0.0221. The van der Waals surface area contributed by atoms with Gasteiger partial charge in [-0.25, -0.2) is 13.5 Å². The number of ether oxygens (including phenoxy) is 2. The van der Waals surface area contributed by atoms with Crippen LogP contribution in [0, 0.1) is 0 Å². The number of benzene rings is 2. The zero-order chi connectivity index (χ0) is 30.4. The molecule has 3 N–H and O–H groups in total. The Morgan fingerprint density at radius 3 is 2.49 bits per heavy atom. The lowest BCUT2D eigenvalue weighted by molar-refractivity contribution is -0.172. The summed E-state index contributed by atoms with van der Waals surface area (Å²) in [5.41, 5.74) is 6.21. The highest BCUT2D eigenvalue weighted by Crippen LogP contribution is 2.27. The predicted octanol–water partition coefficient (Wildman–Crippen LogP) is 2.35. The molecule has 1 atom stereocenters. The lowest BCUT2D eigenvalue weighted by Crippen LogP contribution is -2.47. The van der Waals surface area contributed by atoms with Gasteiger partial charge in [0.2, 0.25) is 21.8 Å². The van der Waals surface area contributed by atoms with Gasteiger partial charge in [0.05, 0.1) is 25.7 Å². The Kier molecular flexibility index (Phi) is 10.0. The number of fused-ring (bicyclic) bond motifs is 1. The number of amides is 2. The number of nitrogens with zero attached hydrogens (tertiary/aromatic N) is 2. The van der Waals surface area contributed by atoms with Crippen LogP contribution in [-0.4, -0.2) is 68.7 Å². The van der Waals surface area contributed by atoms with Gasteiger partial charge in [0.1, 0.15) is 22.3 Å². The van der Waals surface area contributed by atoms with E-state index in [1.165, 1.54) is 26.3 Å². The number of carbonyl (C=O) groups excluding carboxylic acids is 3. The largest absolute Gasteiger partial charge is 0.492 e. The van der Waals surface area contributed by atoms with E-state index in [1.54, 1.807) is 27.0 Å². The van der Waals surface area contributed by atoms with Gasteiger partial charge in [-0.2, -0.15) is 4.72 Å². The number of sulfonamides is 1. The van der Waals surface area contributed by atoms with Crippen LogP contribution in [0.1, 0.15) is 43.1 Å². The summed E-state index contributed by atoms with van der Waals surface area (Å²) in [7, 11) is -1.91. The summed E-state index contributed by atoms with van der Waals surface area (Å²) in [6.07, 6.45) is 1.51. The average molecular weight is 587 g/mol. The molecule has 0 aliphatic heterocycles. The van der Waals surface area contributed by atoms with Crippen molar-refractivity contribution in [2.45, 2.75) is 50.2 Å². The first-order valence-electron chi connectivity index (χ1n) is 12.7. The Morgan fingerprint density at radius 2 is 1.83 bits per heavy atom. The Morgan fingerprint density at radius 1 is 1.10 bits per heavy atom. The Hall–Kier alpha value is -4.07. The molecule has 1 heterocycles.